The van der Waals surface area contributed by atoms with E-state index in [1.807, 2.05) is 0 Å². The molecule has 1 aliphatic rings. The largest absolute Gasteiger partial charge is 0.366 e. The topological polar surface area (TPSA) is 53.6 Å². The van der Waals surface area contributed by atoms with Crippen LogP contribution in [0, 0.1) is 17.2 Å². The highest BCUT2D eigenvalue weighted by molar-refractivity contribution is 5.67. The summed E-state index contributed by atoms with van der Waals surface area (Å²) in [6.07, 6.45) is 2.91. The summed E-state index contributed by atoms with van der Waals surface area (Å²) in [5.74, 6) is -0.525. The number of aromatic nitrogens is 3. The molecule has 6 heteroatoms. The third kappa shape index (κ3) is 3.70. The molecule has 1 aromatic carbocycles. The number of aromatic amines is 1. The Bertz CT molecular complexity index is 978. The highest BCUT2D eigenvalue weighted by atomic mass is 19.1. The van der Waals surface area contributed by atoms with E-state index in [4.69, 9.17) is 0 Å². The van der Waals surface area contributed by atoms with Gasteiger partial charge in [-0.05, 0) is 36.8 Å². The maximum absolute atomic E-state index is 14.1. The molecule has 0 saturated heterocycles. The summed E-state index contributed by atoms with van der Waals surface area (Å²) in [4.78, 5) is 3.89. The number of fused-ring (bicyclic) bond motifs is 1. The number of halogens is 2. The molecule has 4 rings (SSSR count). The van der Waals surface area contributed by atoms with Crippen molar-refractivity contribution in [1.29, 1.82) is 0 Å². The van der Waals surface area contributed by atoms with Crippen molar-refractivity contribution in [2.75, 3.05) is 5.32 Å². The standard InChI is InChI=1S/C21H22F2N4/c1-21(2)8-7-15-17(11-21)26-27-20(15)14-9-18(23)25-19(10-14)24-12-13-5-3-4-6-16(13)22/h3-6,9-10H,7-8,11-12H2,1-2H3,(H,24,25)(H,26,27). The molecule has 0 bridgehead atoms. The first-order chi connectivity index (χ1) is 12.9. The number of rotatable bonds is 4. The van der Waals surface area contributed by atoms with Gasteiger partial charge in [0.2, 0.25) is 5.95 Å². The van der Waals surface area contributed by atoms with Crippen LogP contribution >= 0.6 is 0 Å². The van der Waals surface area contributed by atoms with E-state index >= 15 is 0 Å². The molecule has 0 saturated carbocycles. The van der Waals surface area contributed by atoms with Crippen LogP contribution in [-0.2, 0) is 19.4 Å². The minimum atomic E-state index is -0.587. The molecule has 27 heavy (non-hydrogen) atoms. The van der Waals surface area contributed by atoms with Crippen LogP contribution in [0.4, 0.5) is 14.6 Å². The molecule has 140 valence electrons. The van der Waals surface area contributed by atoms with Gasteiger partial charge in [0.1, 0.15) is 11.6 Å². The van der Waals surface area contributed by atoms with Crippen molar-refractivity contribution in [3.8, 4) is 11.3 Å². The van der Waals surface area contributed by atoms with Gasteiger partial charge in [0.05, 0.1) is 5.69 Å². The zero-order valence-electron chi connectivity index (χ0n) is 15.4. The number of benzene rings is 1. The quantitative estimate of drug-likeness (QED) is 0.646. The van der Waals surface area contributed by atoms with Crippen LogP contribution in [0.1, 0.15) is 37.1 Å². The fraction of sp³-hybridized carbons (Fsp3) is 0.333. The molecule has 3 aromatic rings. The maximum atomic E-state index is 14.1. The van der Waals surface area contributed by atoms with Crippen molar-refractivity contribution < 1.29 is 8.78 Å². The molecule has 0 unspecified atom stereocenters. The Hall–Kier alpha value is -2.76. The molecular weight excluding hydrogens is 346 g/mol. The summed E-state index contributed by atoms with van der Waals surface area (Å²) in [5.41, 5.74) is 4.47. The lowest BCUT2D eigenvalue weighted by Gasteiger charge is -2.29. The minimum absolute atomic E-state index is 0.232. The Morgan fingerprint density at radius 1 is 1.19 bits per heavy atom. The lowest BCUT2D eigenvalue weighted by molar-refractivity contribution is 0.312. The fourth-order valence-corrected chi connectivity index (χ4v) is 3.64. The molecule has 4 nitrogen and oxygen atoms in total. The zero-order chi connectivity index (χ0) is 19.0. The molecule has 0 fully saturated rings. The van der Waals surface area contributed by atoms with E-state index in [1.165, 1.54) is 12.1 Å². The predicted molar refractivity (Wildman–Crippen MR) is 101 cm³/mol. The first-order valence-corrected chi connectivity index (χ1v) is 9.13. The van der Waals surface area contributed by atoms with Gasteiger partial charge in [-0.15, -0.1) is 0 Å². The molecule has 0 radical (unpaired) electrons. The van der Waals surface area contributed by atoms with Gasteiger partial charge in [-0.1, -0.05) is 32.0 Å². The van der Waals surface area contributed by atoms with Gasteiger partial charge in [0.25, 0.3) is 0 Å². The first-order valence-electron chi connectivity index (χ1n) is 9.13. The molecule has 2 heterocycles. The molecule has 2 aromatic heterocycles. The molecule has 0 spiro atoms. The van der Waals surface area contributed by atoms with Crippen LogP contribution in [0.25, 0.3) is 11.3 Å². The van der Waals surface area contributed by atoms with E-state index in [0.717, 1.165) is 36.2 Å². The molecular formula is C21H22F2N4. The number of hydrogen-bond donors (Lipinski definition) is 2. The third-order valence-electron chi connectivity index (χ3n) is 5.15. The second-order valence-electron chi connectivity index (χ2n) is 7.88. The van der Waals surface area contributed by atoms with Crippen molar-refractivity contribution in [2.45, 2.75) is 39.7 Å². The third-order valence-corrected chi connectivity index (χ3v) is 5.15. The summed E-state index contributed by atoms with van der Waals surface area (Å²) in [5, 5.41) is 10.6. The van der Waals surface area contributed by atoms with Gasteiger partial charge < -0.3 is 5.32 Å². The Labute approximate surface area is 157 Å². The number of nitrogens with zero attached hydrogens (tertiary/aromatic N) is 2. The highest BCUT2D eigenvalue weighted by Crippen LogP contribution is 2.38. The Morgan fingerprint density at radius 2 is 2.00 bits per heavy atom. The van der Waals surface area contributed by atoms with Crippen LogP contribution in [0.5, 0.6) is 0 Å². The Balaban J connectivity index is 1.60. The highest BCUT2D eigenvalue weighted by Gasteiger charge is 2.29. The monoisotopic (exact) mass is 368 g/mol. The van der Waals surface area contributed by atoms with Crippen LogP contribution in [0.15, 0.2) is 36.4 Å². The second-order valence-corrected chi connectivity index (χ2v) is 7.88. The van der Waals surface area contributed by atoms with Gasteiger partial charge in [0, 0.05) is 35.0 Å². The summed E-state index contributed by atoms with van der Waals surface area (Å²) < 4.78 is 27.9. The molecule has 1 aliphatic carbocycles. The summed E-state index contributed by atoms with van der Waals surface area (Å²) >= 11 is 0. The number of pyridine rings is 1. The zero-order valence-corrected chi connectivity index (χ0v) is 15.4. The average molecular weight is 368 g/mol. The SMILES string of the molecule is CC1(C)CCc2c(-c3cc(F)nc(NCc4ccccc4F)c3)n[nH]c2C1. The smallest absolute Gasteiger partial charge is 0.215 e. The van der Waals surface area contributed by atoms with E-state index in [2.05, 4.69) is 34.3 Å². The van der Waals surface area contributed by atoms with E-state index in [-0.39, 0.29) is 17.8 Å². The summed E-state index contributed by atoms with van der Waals surface area (Å²) in [6, 6.07) is 9.65. The normalized spacial score (nSPS) is 15.4. The van der Waals surface area contributed by atoms with E-state index in [0.29, 0.717) is 16.9 Å². The summed E-state index contributed by atoms with van der Waals surface area (Å²) in [6.45, 7) is 4.72. The van der Waals surface area contributed by atoms with Crippen LogP contribution in [0.3, 0.4) is 0 Å². The van der Waals surface area contributed by atoms with Crippen molar-refractivity contribution >= 4 is 5.82 Å². The number of hydrogen-bond acceptors (Lipinski definition) is 3. The van der Waals surface area contributed by atoms with Gasteiger partial charge in [-0.2, -0.15) is 9.49 Å². The second kappa shape index (κ2) is 6.76. The summed E-state index contributed by atoms with van der Waals surface area (Å²) in [7, 11) is 0. The molecule has 2 N–H and O–H groups in total. The van der Waals surface area contributed by atoms with Crippen LogP contribution < -0.4 is 5.32 Å². The van der Waals surface area contributed by atoms with E-state index in [1.54, 1.807) is 24.3 Å². The van der Waals surface area contributed by atoms with Gasteiger partial charge in [-0.25, -0.2) is 9.37 Å². The lowest BCUT2D eigenvalue weighted by atomic mass is 9.76. The Kier molecular flexibility index (Phi) is 4.42. The Morgan fingerprint density at radius 3 is 2.81 bits per heavy atom. The van der Waals surface area contributed by atoms with Gasteiger partial charge in [-0.3, -0.25) is 5.10 Å². The number of H-pyrrole nitrogens is 1. The van der Waals surface area contributed by atoms with Crippen LogP contribution in [-0.4, -0.2) is 15.2 Å². The van der Waals surface area contributed by atoms with Crippen molar-refractivity contribution in [2.24, 2.45) is 5.41 Å². The van der Waals surface area contributed by atoms with E-state index in [9.17, 15) is 8.78 Å². The minimum Gasteiger partial charge on any atom is -0.366 e. The van der Waals surface area contributed by atoms with Gasteiger partial charge in [0.15, 0.2) is 0 Å². The van der Waals surface area contributed by atoms with Gasteiger partial charge >= 0.3 is 0 Å². The number of nitrogens with one attached hydrogen (secondary N) is 2. The van der Waals surface area contributed by atoms with E-state index < -0.39 is 5.95 Å². The van der Waals surface area contributed by atoms with Crippen molar-refractivity contribution in [1.82, 2.24) is 15.2 Å². The van der Waals surface area contributed by atoms with Crippen molar-refractivity contribution in [3.63, 3.8) is 0 Å². The average Bonchev–Trinajstić information content (AvgIpc) is 3.02. The predicted octanol–water partition coefficient (Wildman–Crippen LogP) is 4.88. The number of anilines is 1. The maximum Gasteiger partial charge on any atom is 0.215 e. The molecule has 0 amide bonds. The van der Waals surface area contributed by atoms with Crippen LogP contribution in [0.2, 0.25) is 0 Å². The molecule has 0 atom stereocenters. The lowest BCUT2D eigenvalue weighted by Crippen LogP contribution is -2.21. The van der Waals surface area contributed by atoms with Crippen molar-refractivity contribution in [3.05, 3.63) is 65.0 Å². The first kappa shape index (κ1) is 17.6. The molecule has 0 aliphatic heterocycles. The fourth-order valence-electron chi connectivity index (χ4n) is 3.64.